The zero-order valence-electron chi connectivity index (χ0n) is 9.99. The first-order valence-electron chi connectivity index (χ1n) is 5.76. The van der Waals surface area contributed by atoms with Gasteiger partial charge in [-0.25, -0.2) is 4.79 Å². The van der Waals surface area contributed by atoms with Crippen LogP contribution in [0.3, 0.4) is 0 Å². The third kappa shape index (κ3) is 2.57. The van der Waals surface area contributed by atoms with Gasteiger partial charge in [-0.05, 0) is 35.4 Å². The van der Waals surface area contributed by atoms with E-state index in [0.717, 1.165) is 20.1 Å². The zero-order chi connectivity index (χ0) is 14.3. The van der Waals surface area contributed by atoms with Gasteiger partial charge in [-0.1, -0.05) is 44.0 Å². The van der Waals surface area contributed by atoms with Crippen molar-refractivity contribution in [2.24, 2.45) is 0 Å². The maximum absolute atomic E-state index is 11.2. The van der Waals surface area contributed by atoms with Crippen LogP contribution in [-0.2, 0) is 0 Å². The summed E-state index contributed by atoms with van der Waals surface area (Å²) in [6.07, 6.45) is 0. The predicted octanol–water partition coefficient (Wildman–Crippen LogP) is 4.97. The van der Waals surface area contributed by atoms with Crippen LogP contribution in [-0.4, -0.2) is 4.98 Å². The van der Waals surface area contributed by atoms with Crippen molar-refractivity contribution in [1.82, 2.24) is 4.98 Å². The SMILES string of the molecule is O=c1[nH]c2ccc(C(Cl)c3ccc(Br)cc3Br)cc2o1. The van der Waals surface area contributed by atoms with Crippen molar-refractivity contribution in [3.05, 3.63) is 67.0 Å². The lowest BCUT2D eigenvalue weighted by Gasteiger charge is -2.12. The fourth-order valence-corrected chi connectivity index (χ4v) is 3.74. The summed E-state index contributed by atoms with van der Waals surface area (Å²) < 4.78 is 6.95. The molecule has 0 saturated carbocycles. The first-order chi connectivity index (χ1) is 9.54. The molecule has 1 atom stereocenters. The van der Waals surface area contributed by atoms with Gasteiger partial charge < -0.3 is 4.42 Å². The molecule has 0 aliphatic rings. The van der Waals surface area contributed by atoms with Crippen LogP contribution in [0.2, 0.25) is 0 Å². The molecule has 0 fully saturated rings. The number of aromatic amines is 1. The number of hydrogen-bond donors (Lipinski definition) is 1. The van der Waals surface area contributed by atoms with E-state index in [2.05, 4.69) is 36.8 Å². The highest BCUT2D eigenvalue weighted by molar-refractivity contribution is 9.11. The Bertz CT molecular complexity index is 841. The van der Waals surface area contributed by atoms with Crippen molar-refractivity contribution in [3.8, 4) is 0 Å². The van der Waals surface area contributed by atoms with Gasteiger partial charge in [0.2, 0.25) is 0 Å². The molecule has 0 amide bonds. The second-order valence-corrected chi connectivity index (χ2v) is 6.50. The molecule has 2 aromatic carbocycles. The summed E-state index contributed by atoms with van der Waals surface area (Å²) in [6, 6.07) is 11.3. The van der Waals surface area contributed by atoms with Crippen LogP contribution in [0.25, 0.3) is 11.1 Å². The Morgan fingerprint density at radius 2 is 1.95 bits per heavy atom. The third-order valence-corrected chi connectivity index (χ3v) is 4.64. The second kappa shape index (κ2) is 5.39. The molecule has 3 rings (SSSR count). The van der Waals surface area contributed by atoms with Crippen LogP contribution in [0.1, 0.15) is 16.5 Å². The number of benzene rings is 2. The molecule has 1 N–H and O–H groups in total. The van der Waals surface area contributed by atoms with Crippen LogP contribution in [0.4, 0.5) is 0 Å². The molecule has 3 nitrogen and oxygen atoms in total. The number of alkyl halides is 1. The molecule has 1 aromatic heterocycles. The standard InChI is InChI=1S/C14H8Br2ClNO2/c15-8-2-3-9(10(16)6-8)13(17)7-1-4-11-12(5-7)20-14(19)18-11/h1-6,13H,(H,18,19). The number of H-pyrrole nitrogens is 1. The number of hydrogen-bond acceptors (Lipinski definition) is 2. The summed E-state index contributed by atoms with van der Waals surface area (Å²) in [4.78, 5) is 13.8. The van der Waals surface area contributed by atoms with E-state index in [-0.39, 0.29) is 5.38 Å². The maximum atomic E-state index is 11.2. The fraction of sp³-hybridized carbons (Fsp3) is 0.0714. The summed E-state index contributed by atoms with van der Waals surface area (Å²) in [7, 11) is 0. The first kappa shape index (κ1) is 13.9. The Morgan fingerprint density at radius 3 is 2.70 bits per heavy atom. The molecule has 0 radical (unpaired) electrons. The second-order valence-electron chi connectivity index (χ2n) is 4.30. The molecule has 1 unspecified atom stereocenters. The van der Waals surface area contributed by atoms with E-state index in [1.54, 1.807) is 12.1 Å². The molecule has 20 heavy (non-hydrogen) atoms. The smallest absolute Gasteiger partial charge is 0.408 e. The van der Waals surface area contributed by atoms with Gasteiger partial charge in [-0.15, -0.1) is 11.6 Å². The Balaban J connectivity index is 2.06. The topological polar surface area (TPSA) is 46.0 Å². The summed E-state index contributed by atoms with van der Waals surface area (Å²) in [5, 5.41) is -0.331. The van der Waals surface area contributed by atoms with Gasteiger partial charge in [-0.2, -0.15) is 0 Å². The summed E-state index contributed by atoms with van der Waals surface area (Å²) in [5.74, 6) is -0.465. The number of halogens is 3. The number of aromatic nitrogens is 1. The van der Waals surface area contributed by atoms with E-state index in [9.17, 15) is 4.79 Å². The van der Waals surface area contributed by atoms with Gasteiger partial charge in [-0.3, -0.25) is 4.98 Å². The van der Waals surface area contributed by atoms with E-state index < -0.39 is 5.76 Å². The van der Waals surface area contributed by atoms with Crippen molar-refractivity contribution in [3.63, 3.8) is 0 Å². The average molecular weight is 417 g/mol. The van der Waals surface area contributed by atoms with Crippen molar-refractivity contribution in [1.29, 1.82) is 0 Å². The quantitative estimate of drug-likeness (QED) is 0.598. The van der Waals surface area contributed by atoms with Crippen LogP contribution in [0, 0.1) is 0 Å². The molecule has 3 aromatic rings. The monoisotopic (exact) mass is 415 g/mol. The Kier molecular flexibility index (Phi) is 3.75. The maximum Gasteiger partial charge on any atom is 0.417 e. The number of fused-ring (bicyclic) bond motifs is 1. The largest absolute Gasteiger partial charge is 0.417 e. The first-order valence-corrected chi connectivity index (χ1v) is 7.78. The van der Waals surface area contributed by atoms with E-state index in [1.165, 1.54) is 0 Å². The minimum absolute atomic E-state index is 0.331. The molecule has 0 aliphatic carbocycles. The van der Waals surface area contributed by atoms with E-state index >= 15 is 0 Å². The minimum atomic E-state index is -0.465. The van der Waals surface area contributed by atoms with Gasteiger partial charge in [0.05, 0.1) is 10.9 Å². The molecule has 102 valence electrons. The van der Waals surface area contributed by atoms with Gasteiger partial charge in [0.15, 0.2) is 5.58 Å². The summed E-state index contributed by atoms with van der Waals surface area (Å²) in [5.41, 5.74) is 2.99. The highest BCUT2D eigenvalue weighted by atomic mass is 79.9. The highest BCUT2D eigenvalue weighted by Gasteiger charge is 2.15. The molecule has 1 heterocycles. The Labute approximate surface area is 136 Å². The number of rotatable bonds is 2. The fourth-order valence-electron chi connectivity index (χ4n) is 2.01. The number of oxazole rings is 1. The van der Waals surface area contributed by atoms with Crippen LogP contribution < -0.4 is 5.76 Å². The normalized spacial score (nSPS) is 12.8. The van der Waals surface area contributed by atoms with Crippen LogP contribution in [0.5, 0.6) is 0 Å². The van der Waals surface area contributed by atoms with Crippen LogP contribution >= 0.6 is 43.5 Å². The zero-order valence-corrected chi connectivity index (χ0v) is 13.9. The van der Waals surface area contributed by atoms with E-state index in [4.69, 9.17) is 16.0 Å². The molecule has 6 heteroatoms. The molecule has 0 spiro atoms. The highest BCUT2D eigenvalue weighted by Crippen LogP contribution is 2.35. The Morgan fingerprint density at radius 1 is 1.15 bits per heavy atom. The lowest BCUT2D eigenvalue weighted by atomic mass is 10.0. The van der Waals surface area contributed by atoms with Crippen molar-refractivity contribution < 1.29 is 4.42 Å². The van der Waals surface area contributed by atoms with Crippen molar-refractivity contribution >= 4 is 54.6 Å². The van der Waals surface area contributed by atoms with Gasteiger partial charge in [0, 0.05) is 8.95 Å². The summed E-state index contributed by atoms with van der Waals surface area (Å²) in [6.45, 7) is 0. The lowest BCUT2D eigenvalue weighted by molar-refractivity contribution is 0.555. The van der Waals surface area contributed by atoms with E-state index in [1.807, 2.05) is 24.3 Å². The van der Waals surface area contributed by atoms with Crippen molar-refractivity contribution in [2.45, 2.75) is 5.38 Å². The third-order valence-electron chi connectivity index (χ3n) is 2.97. The van der Waals surface area contributed by atoms with Gasteiger partial charge in [0.1, 0.15) is 0 Å². The molecule has 0 bridgehead atoms. The van der Waals surface area contributed by atoms with Gasteiger partial charge >= 0.3 is 5.76 Å². The molecule has 0 saturated heterocycles. The minimum Gasteiger partial charge on any atom is -0.408 e. The average Bonchev–Trinajstić information content (AvgIpc) is 2.77. The molecular formula is C14H8Br2ClNO2. The predicted molar refractivity (Wildman–Crippen MR) is 86.4 cm³/mol. The lowest BCUT2D eigenvalue weighted by Crippen LogP contribution is -1.94. The number of nitrogens with one attached hydrogen (secondary N) is 1. The summed E-state index contributed by atoms with van der Waals surface area (Å²) >= 11 is 13.4. The molecular weight excluding hydrogens is 409 g/mol. The Hall–Kier alpha value is -1.04. The molecule has 0 aliphatic heterocycles. The van der Waals surface area contributed by atoms with Crippen LogP contribution in [0.15, 0.2) is 54.6 Å². The van der Waals surface area contributed by atoms with Gasteiger partial charge in [0.25, 0.3) is 0 Å². The van der Waals surface area contributed by atoms with E-state index in [0.29, 0.717) is 11.1 Å². The van der Waals surface area contributed by atoms with Crippen molar-refractivity contribution in [2.75, 3.05) is 0 Å².